The van der Waals surface area contributed by atoms with Gasteiger partial charge in [-0.05, 0) is 43.9 Å². The highest BCUT2D eigenvalue weighted by Gasteiger charge is 2.16. The fourth-order valence-corrected chi connectivity index (χ4v) is 3.80. The van der Waals surface area contributed by atoms with Gasteiger partial charge < -0.3 is 5.32 Å². The molecule has 17 heavy (non-hydrogen) atoms. The van der Waals surface area contributed by atoms with Gasteiger partial charge in [-0.3, -0.25) is 0 Å². The molecule has 0 radical (unpaired) electrons. The molecule has 0 atom stereocenters. The van der Waals surface area contributed by atoms with Crippen molar-refractivity contribution in [3.63, 3.8) is 0 Å². The van der Waals surface area contributed by atoms with Crippen molar-refractivity contribution < 1.29 is 0 Å². The molecule has 0 saturated heterocycles. The zero-order valence-corrected chi connectivity index (χ0v) is 11.2. The zero-order valence-electron chi connectivity index (χ0n) is 10.4. The Morgan fingerprint density at radius 1 is 1.24 bits per heavy atom. The van der Waals surface area contributed by atoms with Gasteiger partial charge in [0.15, 0.2) is 5.13 Å². The van der Waals surface area contributed by atoms with Crippen LogP contribution in [0.3, 0.4) is 0 Å². The molecule has 3 heteroatoms. The summed E-state index contributed by atoms with van der Waals surface area (Å²) in [5.74, 6) is 0. The van der Waals surface area contributed by atoms with E-state index in [0.717, 1.165) is 5.13 Å². The minimum absolute atomic E-state index is 0.650. The number of hydrogen-bond acceptors (Lipinski definition) is 3. The standard InChI is InChI=1S/C14H18N2S/c1-9-7-10(2)13-12(8-9)17-14(16-13)15-11-5-3-4-6-11/h7-8,11H,3-6H2,1-2H3,(H,15,16). The van der Waals surface area contributed by atoms with Crippen LogP contribution in [0.15, 0.2) is 12.1 Å². The Balaban J connectivity index is 1.93. The number of rotatable bonds is 2. The molecule has 1 aliphatic rings. The van der Waals surface area contributed by atoms with Gasteiger partial charge in [0, 0.05) is 6.04 Å². The van der Waals surface area contributed by atoms with Gasteiger partial charge in [-0.1, -0.05) is 30.2 Å². The van der Waals surface area contributed by atoms with E-state index in [9.17, 15) is 0 Å². The molecule has 0 spiro atoms. The summed E-state index contributed by atoms with van der Waals surface area (Å²) >= 11 is 1.79. The minimum atomic E-state index is 0.650. The third-order valence-corrected chi connectivity index (χ3v) is 4.45. The molecule has 1 N–H and O–H groups in total. The van der Waals surface area contributed by atoms with Crippen molar-refractivity contribution in [3.8, 4) is 0 Å². The summed E-state index contributed by atoms with van der Waals surface area (Å²) in [5.41, 5.74) is 3.78. The van der Waals surface area contributed by atoms with E-state index in [0.29, 0.717) is 6.04 Å². The maximum absolute atomic E-state index is 4.72. The largest absolute Gasteiger partial charge is 0.359 e. The smallest absolute Gasteiger partial charge is 0.184 e. The first-order valence-corrected chi connectivity index (χ1v) is 7.18. The maximum Gasteiger partial charge on any atom is 0.184 e. The van der Waals surface area contributed by atoms with Crippen LogP contribution in [0.5, 0.6) is 0 Å². The first-order valence-electron chi connectivity index (χ1n) is 6.37. The summed E-state index contributed by atoms with van der Waals surface area (Å²) in [6, 6.07) is 5.10. The molecule has 1 aromatic carbocycles. The Morgan fingerprint density at radius 3 is 2.76 bits per heavy atom. The molecular formula is C14H18N2S. The lowest BCUT2D eigenvalue weighted by molar-refractivity contribution is 0.754. The van der Waals surface area contributed by atoms with E-state index in [1.54, 1.807) is 11.3 Å². The van der Waals surface area contributed by atoms with E-state index < -0.39 is 0 Å². The molecule has 1 saturated carbocycles. The first kappa shape index (κ1) is 11.0. The molecule has 90 valence electrons. The van der Waals surface area contributed by atoms with E-state index >= 15 is 0 Å². The highest BCUT2D eigenvalue weighted by molar-refractivity contribution is 7.22. The third-order valence-electron chi connectivity index (χ3n) is 3.51. The number of hydrogen-bond donors (Lipinski definition) is 1. The minimum Gasteiger partial charge on any atom is -0.359 e. The first-order chi connectivity index (χ1) is 8.22. The van der Waals surface area contributed by atoms with Crippen molar-refractivity contribution >= 4 is 26.7 Å². The lowest BCUT2D eigenvalue weighted by atomic mass is 10.1. The number of thiazole rings is 1. The second-order valence-electron chi connectivity index (χ2n) is 5.07. The van der Waals surface area contributed by atoms with Crippen LogP contribution in [0.2, 0.25) is 0 Å². The molecule has 0 aliphatic heterocycles. The van der Waals surface area contributed by atoms with Gasteiger partial charge in [0.05, 0.1) is 10.2 Å². The molecule has 2 aromatic rings. The fraction of sp³-hybridized carbons (Fsp3) is 0.500. The fourth-order valence-electron chi connectivity index (χ4n) is 2.68. The quantitative estimate of drug-likeness (QED) is 0.856. The summed E-state index contributed by atoms with van der Waals surface area (Å²) in [6.07, 6.45) is 5.32. The van der Waals surface area contributed by atoms with Crippen LogP contribution in [0.1, 0.15) is 36.8 Å². The monoisotopic (exact) mass is 246 g/mol. The van der Waals surface area contributed by atoms with E-state index in [1.165, 1.54) is 47.0 Å². The average Bonchev–Trinajstić information content (AvgIpc) is 2.87. The van der Waals surface area contributed by atoms with Crippen molar-refractivity contribution in [2.75, 3.05) is 5.32 Å². The zero-order chi connectivity index (χ0) is 11.8. The Labute approximate surface area is 106 Å². The highest BCUT2D eigenvalue weighted by Crippen LogP contribution is 2.31. The van der Waals surface area contributed by atoms with E-state index in [1.807, 2.05) is 0 Å². The van der Waals surface area contributed by atoms with Gasteiger partial charge in [0.1, 0.15) is 0 Å². The van der Waals surface area contributed by atoms with Gasteiger partial charge in [0.2, 0.25) is 0 Å². The molecule has 0 amide bonds. The van der Waals surface area contributed by atoms with Crippen LogP contribution in [-0.2, 0) is 0 Å². The SMILES string of the molecule is Cc1cc(C)c2nc(NC3CCCC3)sc2c1. The maximum atomic E-state index is 4.72. The summed E-state index contributed by atoms with van der Waals surface area (Å²) < 4.78 is 1.31. The van der Waals surface area contributed by atoms with E-state index in [-0.39, 0.29) is 0 Å². The Kier molecular flexibility index (Phi) is 2.79. The van der Waals surface area contributed by atoms with Gasteiger partial charge in [-0.15, -0.1) is 0 Å². The van der Waals surface area contributed by atoms with Crippen molar-refractivity contribution in [2.45, 2.75) is 45.6 Å². The Hall–Kier alpha value is -1.09. The normalized spacial score (nSPS) is 16.8. The van der Waals surface area contributed by atoms with Crippen LogP contribution in [-0.4, -0.2) is 11.0 Å². The molecule has 2 nitrogen and oxygen atoms in total. The average molecular weight is 246 g/mol. The van der Waals surface area contributed by atoms with E-state index in [2.05, 4.69) is 31.3 Å². The summed E-state index contributed by atoms with van der Waals surface area (Å²) in [4.78, 5) is 4.72. The van der Waals surface area contributed by atoms with E-state index in [4.69, 9.17) is 4.98 Å². The summed E-state index contributed by atoms with van der Waals surface area (Å²) in [6.45, 7) is 4.30. The Bertz CT molecular complexity index is 538. The predicted molar refractivity (Wildman–Crippen MR) is 75.0 cm³/mol. The lowest BCUT2D eigenvalue weighted by Gasteiger charge is -2.09. The van der Waals surface area contributed by atoms with Crippen LogP contribution >= 0.6 is 11.3 Å². The predicted octanol–water partition coefficient (Wildman–Crippen LogP) is 4.27. The molecule has 1 aromatic heterocycles. The van der Waals surface area contributed by atoms with Crippen LogP contribution in [0.4, 0.5) is 5.13 Å². The molecule has 1 fully saturated rings. The molecule has 0 unspecified atom stereocenters. The number of aromatic nitrogens is 1. The number of fused-ring (bicyclic) bond motifs is 1. The number of nitrogens with zero attached hydrogens (tertiary/aromatic N) is 1. The van der Waals surface area contributed by atoms with Gasteiger partial charge in [-0.25, -0.2) is 4.98 Å². The van der Waals surface area contributed by atoms with Crippen molar-refractivity contribution in [1.82, 2.24) is 4.98 Å². The van der Waals surface area contributed by atoms with Gasteiger partial charge >= 0.3 is 0 Å². The third kappa shape index (κ3) is 2.16. The topological polar surface area (TPSA) is 24.9 Å². The second-order valence-corrected chi connectivity index (χ2v) is 6.10. The van der Waals surface area contributed by atoms with Crippen LogP contribution in [0.25, 0.3) is 10.2 Å². The number of aryl methyl sites for hydroxylation is 2. The van der Waals surface area contributed by atoms with Gasteiger partial charge in [-0.2, -0.15) is 0 Å². The number of nitrogens with one attached hydrogen (secondary N) is 1. The number of anilines is 1. The molecule has 1 aliphatic carbocycles. The van der Waals surface area contributed by atoms with Crippen molar-refractivity contribution in [1.29, 1.82) is 0 Å². The highest BCUT2D eigenvalue weighted by atomic mass is 32.1. The summed E-state index contributed by atoms with van der Waals surface area (Å²) in [7, 11) is 0. The van der Waals surface area contributed by atoms with Crippen LogP contribution < -0.4 is 5.32 Å². The molecule has 3 rings (SSSR count). The summed E-state index contributed by atoms with van der Waals surface area (Å²) in [5, 5.41) is 4.68. The van der Waals surface area contributed by atoms with Gasteiger partial charge in [0.25, 0.3) is 0 Å². The second kappa shape index (κ2) is 4.30. The van der Waals surface area contributed by atoms with Crippen molar-refractivity contribution in [2.24, 2.45) is 0 Å². The molecule has 0 bridgehead atoms. The van der Waals surface area contributed by atoms with Crippen molar-refractivity contribution in [3.05, 3.63) is 23.3 Å². The Morgan fingerprint density at radius 2 is 2.00 bits per heavy atom. The van der Waals surface area contributed by atoms with Crippen LogP contribution in [0, 0.1) is 13.8 Å². The number of benzene rings is 1. The lowest BCUT2D eigenvalue weighted by Crippen LogP contribution is -2.13. The molecular weight excluding hydrogens is 228 g/mol. The molecule has 1 heterocycles.